The lowest BCUT2D eigenvalue weighted by molar-refractivity contribution is -0.870. The number of carbonyl (C=O) groups is 2. The molecule has 0 unspecified atom stereocenters. The Bertz CT molecular complexity index is 507. The molecule has 0 aliphatic carbocycles. The van der Waals surface area contributed by atoms with Crippen molar-refractivity contribution in [1.29, 1.82) is 0 Å². The van der Waals surface area contributed by atoms with Gasteiger partial charge < -0.3 is 59.8 Å². The third-order valence-electron chi connectivity index (χ3n) is 2.04. The van der Waals surface area contributed by atoms with E-state index in [2.05, 4.69) is 20.5 Å². The number of nitrogens with zero attached hydrogens (tertiary/aromatic N) is 2. The molecule has 8 N–H and O–H groups in total. The van der Waals surface area contributed by atoms with Crippen molar-refractivity contribution < 1.29 is 66.5 Å². The van der Waals surface area contributed by atoms with Crippen LogP contribution in [0.1, 0.15) is 0 Å². The number of amides is 2. The summed E-state index contributed by atoms with van der Waals surface area (Å²) in [7, 11) is 2.99. The molecule has 0 spiro atoms. The zero-order valence-corrected chi connectivity index (χ0v) is 19.6. The number of primary amides is 2. The highest BCUT2D eigenvalue weighted by Crippen LogP contribution is 2.35. The highest BCUT2D eigenvalue weighted by molar-refractivity contribution is 7.46. The number of nitrogens with two attached hydrogens (primary N) is 2. The van der Waals surface area contributed by atoms with E-state index in [-0.39, 0.29) is 13.2 Å². The largest absolute Gasteiger partial charge is 0.530 e. The first-order chi connectivity index (χ1) is 12.9. The van der Waals surface area contributed by atoms with Crippen LogP contribution < -0.4 is 21.7 Å². The summed E-state index contributed by atoms with van der Waals surface area (Å²) in [5.41, 5.74) is 7.83. The van der Waals surface area contributed by atoms with Crippen LogP contribution in [0.3, 0.4) is 0 Å². The molecule has 0 aliphatic rings. The Kier molecular flexibility index (Phi) is 19.7. The highest BCUT2D eigenvalue weighted by Gasteiger charge is 2.16. The molecule has 2 amide bonds. The van der Waals surface area contributed by atoms with E-state index in [0.717, 1.165) is 0 Å². The smallest absolute Gasteiger partial charge is 0.469 e. The minimum atomic E-state index is -4.26. The lowest BCUT2D eigenvalue weighted by atomic mass is 10.5. The second-order valence-corrected chi connectivity index (χ2v) is 9.79. The van der Waals surface area contributed by atoms with Crippen molar-refractivity contribution in [3.63, 3.8) is 0 Å². The summed E-state index contributed by atoms with van der Waals surface area (Å²) in [5, 5.41) is 17.3. The zero-order valence-electron chi connectivity index (χ0n) is 17.8. The first-order valence-corrected chi connectivity index (χ1v) is 10.9. The third-order valence-corrected chi connectivity index (χ3v) is 3.08. The summed E-state index contributed by atoms with van der Waals surface area (Å²) in [6, 6.07) is 0. The molecule has 0 aromatic rings. The molecule has 18 heteroatoms. The van der Waals surface area contributed by atoms with Crippen LogP contribution in [0.5, 0.6) is 0 Å². The monoisotopic (exact) mass is 488 g/mol. The van der Waals surface area contributed by atoms with Gasteiger partial charge in [-0.1, -0.05) is 0 Å². The van der Waals surface area contributed by atoms with Crippen LogP contribution in [0.4, 0.5) is 9.59 Å². The number of quaternary nitrogens is 2. The molecule has 0 radical (unpaired) electrons. The van der Waals surface area contributed by atoms with Crippen molar-refractivity contribution in [1.82, 2.24) is 0 Å². The molecule has 30 heavy (non-hydrogen) atoms. The summed E-state index contributed by atoms with van der Waals surface area (Å²) in [6.07, 6.45) is -3.17. The average molecular weight is 488 g/mol. The fourth-order valence-corrected chi connectivity index (χ4v) is 1.51. The number of hydrogen-bond acceptors (Lipinski definition) is 8. The molecular weight excluding hydrogens is 454 g/mol. The van der Waals surface area contributed by atoms with E-state index in [0.29, 0.717) is 22.1 Å². The van der Waals surface area contributed by atoms with Crippen LogP contribution in [0.15, 0.2) is 0 Å². The van der Waals surface area contributed by atoms with Gasteiger partial charge in [-0.2, -0.15) is 0 Å². The molecule has 0 bridgehead atoms. The van der Waals surface area contributed by atoms with Gasteiger partial charge in [-0.3, -0.25) is 9.05 Å². The zero-order chi connectivity index (χ0) is 25.4. The fourth-order valence-electron chi connectivity index (χ4n) is 0.867. The molecule has 0 aromatic carbocycles. The molecule has 0 heterocycles. The van der Waals surface area contributed by atoms with Gasteiger partial charge in [0.15, 0.2) is 0 Å². The maximum absolute atomic E-state index is 10.2. The van der Waals surface area contributed by atoms with E-state index in [1.54, 1.807) is 0 Å². The van der Waals surface area contributed by atoms with Gasteiger partial charge in [0.05, 0.1) is 42.3 Å². The maximum Gasteiger partial charge on any atom is 0.469 e. The van der Waals surface area contributed by atoms with Crippen LogP contribution in [0, 0.1) is 0 Å². The number of carbonyl (C=O) groups excluding carboxylic acids is 2. The molecule has 0 saturated heterocycles. The molecule has 0 saturated carbocycles. The van der Waals surface area contributed by atoms with Crippen LogP contribution >= 0.6 is 15.6 Å². The Hall–Kier alpha value is -1.32. The quantitative estimate of drug-likeness (QED) is 0.142. The van der Waals surface area contributed by atoms with Gasteiger partial charge in [0.25, 0.3) is 0 Å². The van der Waals surface area contributed by atoms with Gasteiger partial charge in [0, 0.05) is 0 Å². The third kappa shape index (κ3) is 81.6. The van der Waals surface area contributed by atoms with E-state index in [1.807, 2.05) is 42.3 Å². The van der Waals surface area contributed by atoms with E-state index in [9.17, 15) is 9.13 Å². The lowest BCUT2D eigenvalue weighted by Gasteiger charge is -2.23. The van der Waals surface area contributed by atoms with Gasteiger partial charge >= 0.3 is 15.6 Å². The van der Waals surface area contributed by atoms with Gasteiger partial charge in [-0.05, 0) is 0 Å². The number of carboxylic acid groups (broad SMARTS) is 2. The van der Waals surface area contributed by atoms with Crippen molar-refractivity contribution in [2.45, 2.75) is 0 Å². The molecule has 16 nitrogen and oxygen atoms in total. The van der Waals surface area contributed by atoms with E-state index in [4.69, 9.17) is 39.4 Å². The Morgan fingerprint density at radius 2 is 0.900 bits per heavy atom. The van der Waals surface area contributed by atoms with Crippen LogP contribution in [-0.4, -0.2) is 109 Å². The van der Waals surface area contributed by atoms with E-state index in [1.165, 1.54) is 0 Å². The molecule has 184 valence electrons. The minimum Gasteiger partial charge on any atom is -0.530 e. The van der Waals surface area contributed by atoms with Crippen LogP contribution in [0.2, 0.25) is 0 Å². The van der Waals surface area contributed by atoms with Crippen molar-refractivity contribution in [3.05, 3.63) is 0 Å². The van der Waals surface area contributed by atoms with Crippen molar-refractivity contribution in [3.8, 4) is 0 Å². The fraction of sp³-hybridized carbons (Fsp3) is 0.833. The normalized spacial score (nSPS) is 11.5. The second kappa shape index (κ2) is 16.4. The topological polar surface area (TPSA) is 266 Å². The highest BCUT2D eigenvalue weighted by atomic mass is 31.2. The number of phosphoric ester groups is 2. The summed E-state index contributed by atoms with van der Waals surface area (Å²) in [5.74, 6) is 0. The SMILES string of the molecule is C[N+](C)(C)CCOP(=O)(O)O.C[N+](C)(C)CCOP(=O)(O)O.NC(=O)[O-].NC(=O)[O-]. The van der Waals surface area contributed by atoms with Crippen molar-refractivity contribution in [2.75, 3.05) is 68.6 Å². The number of rotatable bonds is 8. The average Bonchev–Trinajstić information content (AvgIpc) is 2.30. The van der Waals surface area contributed by atoms with Crippen LogP contribution in [0.25, 0.3) is 0 Å². The van der Waals surface area contributed by atoms with Crippen molar-refractivity contribution in [2.24, 2.45) is 11.5 Å². The minimum absolute atomic E-state index is 0.0772. The predicted molar refractivity (Wildman–Crippen MR) is 101 cm³/mol. The summed E-state index contributed by atoms with van der Waals surface area (Å²) >= 11 is 0. The predicted octanol–water partition coefficient (Wildman–Crippen LogP) is -3.82. The van der Waals surface area contributed by atoms with E-state index >= 15 is 0 Å². The molecule has 0 aromatic heterocycles. The lowest BCUT2D eigenvalue weighted by Crippen LogP contribution is -2.37. The molecule has 0 rings (SSSR count). The Balaban J connectivity index is -0.000000167. The van der Waals surface area contributed by atoms with Gasteiger partial charge in [-0.25, -0.2) is 9.13 Å². The molecule has 0 fully saturated rings. The standard InChI is InChI=1S/2C5H14NO4P.2CH3NO2/c2*1-6(2,3)4-5-10-11(7,8)9;2*2-1(3)4/h2*4-5H2,1-3H3,(H-,7,8,9);2*2H2,(H,3,4). The van der Waals surface area contributed by atoms with Gasteiger partial charge in [-0.15, -0.1) is 0 Å². The Morgan fingerprint density at radius 3 is 1.00 bits per heavy atom. The number of hydrogen-bond donors (Lipinski definition) is 6. The summed E-state index contributed by atoms with van der Waals surface area (Å²) in [4.78, 5) is 50.5. The summed E-state index contributed by atoms with van der Waals surface area (Å²) in [6.45, 7) is 1.30. The van der Waals surface area contributed by atoms with Gasteiger partial charge in [0.1, 0.15) is 38.5 Å². The first-order valence-electron chi connectivity index (χ1n) is 7.82. The first kappa shape index (κ1) is 36.1. The van der Waals surface area contributed by atoms with Gasteiger partial charge in [0.2, 0.25) is 0 Å². The van der Waals surface area contributed by atoms with Crippen molar-refractivity contribution >= 4 is 27.8 Å². The number of phosphoric acid groups is 2. The van der Waals surface area contributed by atoms with Crippen LogP contribution in [-0.2, 0) is 18.2 Å². The molecular formula is C12H34N4O12P2. The maximum atomic E-state index is 10.2. The molecule has 0 atom stereocenters. The number of likely N-dealkylation sites (N-methyl/N-ethyl adjacent to an activating group) is 2. The Labute approximate surface area is 175 Å². The second-order valence-electron chi connectivity index (χ2n) is 7.31. The Morgan fingerprint density at radius 1 is 0.733 bits per heavy atom. The van der Waals surface area contributed by atoms with E-state index < -0.39 is 27.8 Å². The molecule has 0 aliphatic heterocycles. The summed E-state index contributed by atoms with van der Waals surface area (Å²) < 4.78 is 30.1.